The number of carbonyl (C=O) groups is 1. The van der Waals surface area contributed by atoms with Crippen molar-refractivity contribution in [3.05, 3.63) is 88.0 Å². The van der Waals surface area contributed by atoms with Gasteiger partial charge in [0.2, 0.25) is 0 Å². The van der Waals surface area contributed by atoms with Crippen LogP contribution in [0.1, 0.15) is 59.6 Å². The Balaban J connectivity index is 1.88. The van der Waals surface area contributed by atoms with Crippen LogP contribution in [0.2, 0.25) is 0 Å². The van der Waals surface area contributed by atoms with Crippen molar-refractivity contribution in [1.82, 2.24) is 20.2 Å². The highest BCUT2D eigenvalue weighted by molar-refractivity contribution is 5.76. The van der Waals surface area contributed by atoms with E-state index in [4.69, 9.17) is 9.47 Å². The van der Waals surface area contributed by atoms with Gasteiger partial charge in [0.25, 0.3) is 5.95 Å². The summed E-state index contributed by atoms with van der Waals surface area (Å²) in [5, 5.41) is 11.5. The summed E-state index contributed by atoms with van der Waals surface area (Å²) in [6.07, 6.45) is -15.1. The highest BCUT2D eigenvalue weighted by Crippen LogP contribution is 2.40. The first-order valence-electron chi connectivity index (χ1n) is 14.6. The second-order valence-corrected chi connectivity index (χ2v) is 11.1. The number of alkyl halides is 9. The molecular weight excluding hydrogens is 673 g/mol. The zero-order valence-corrected chi connectivity index (χ0v) is 26.5. The Labute approximate surface area is 274 Å². The summed E-state index contributed by atoms with van der Waals surface area (Å²) in [7, 11) is 2.69. The average molecular weight is 704 g/mol. The Morgan fingerprint density at radius 1 is 0.837 bits per heavy atom. The molecule has 4 rings (SSSR count). The van der Waals surface area contributed by atoms with Crippen LogP contribution in [0.5, 0.6) is 5.75 Å². The molecule has 264 valence electrons. The van der Waals surface area contributed by atoms with E-state index in [1.165, 1.54) is 20.2 Å². The van der Waals surface area contributed by atoms with Crippen LogP contribution in [-0.2, 0) is 48.2 Å². The molecule has 1 aromatic heterocycles. The number of tetrazole rings is 1. The van der Waals surface area contributed by atoms with Gasteiger partial charge < -0.3 is 14.4 Å². The molecular formula is C32H30F9N5O3. The lowest BCUT2D eigenvalue weighted by Crippen LogP contribution is -2.25. The van der Waals surface area contributed by atoms with E-state index in [1.807, 2.05) is 0 Å². The van der Waals surface area contributed by atoms with Crippen molar-refractivity contribution in [2.24, 2.45) is 7.05 Å². The number of aryl methyl sites for hydroxylation is 1. The summed E-state index contributed by atoms with van der Waals surface area (Å²) in [4.78, 5) is 14.2. The van der Waals surface area contributed by atoms with Gasteiger partial charge in [-0.25, -0.2) is 0 Å². The monoisotopic (exact) mass is 703 g/mol. The summed E-state index contributed by atoms with van der Waals surface area (Å²) >= 11 is 0. The molecule has 0 N–H and O–H groups in total. The van der Waals surface area contributed by atoms with Gasteiger partial charge in [0.15, 0.2) is 0 Å². The molecule has 17 heteroatoms. The fourth-order valence-electron chi connectivity index (χ4n) is 5.13. The Bertz CT molecular complexity index is 1750. The van der Waals surface area contributed by atoms with Crippen molar-refractivity contribution in [2.75, 3.05) is 18.6 Å². The van der Waals surface area contributed by atoms with Gasteiger partial charge in [0.1, 0.15) is 5.75 Å². The lowest BCUT2D eigenvalue weighted by atomic mass is 9.91. The second kappa shape index (κ2) is 14.3. The number of rotatable bonds is 11. The summed E-state index contributed by atoms with van der Waals surface area (Å²) in [5.74, 6) is -0.880. The number of nitrogens with zero attached hydrogens (tertiary/aromatic N) is 5. The quantitative estimate of drug-likeness (QED) is 0.115. The Kier molecular flexibility index (Phi) is 10.8. The number of ether oxygens (including phenoxy) is 2. The van der Waals surface area contributed by atoms with Crippen molar-refractivity contribution in [3.8, 4) is 16.9 Å². The van der Waals surface area contributed by atoms with Crippen LogP contribution in [-0.4, -0.2) is 39.9 Å². The zero-order chi connectivity index (χ0) is 36.3. The van der Waals surface area contributed by atoms with Gasteiger partial charge in [-0.2, -0.15) is 44.3 Å². The maximum atomic E-state index is 14.0. The second-order valence-electron chi connectivity index (χ2n) is 11.1. The third-order valence-electron chi connectivity index (χ3n) is 7.46. The SMILES string of the molecule is CCOC(=O)CC(C)c1ccc(OC)c(-c2ccc(C(F)(F)F)cc2CN(Cc2cc(C(F)(F)F)cc(C(F)(F)F)c2)c2nnn(C)n2)c1. The van der Waals surface area contributed by atoms with Crippen molar-refractivity contribution in [2.45, 2.75) is 57.8 Å². The van der Waals surface area contributed by atoms with Crippen molar-refractivity contribution in [1.29, 1.82) is 0 Å². The summed E-state index contributed by atoms with van der Waals surface area (Å²) in [6.45, 7) is 2.38. The van der Waals surface area contributed by atoms with Crippen LogP contribution in [0, 0.1) is 0 Å². The topological polar surface area (TPSA) is 82.4 Å². The average Bonchev–Trinajstić information content (AvgIpc) is 3.45. The van der Waals surface area contributed by atoms with Crippen LogP contribution < -0.4 is 9.64 Å². The minimum absolute atomic E-state index is 0.00248. The molecule has 0 amide bonds. The molecule has 1 heterocycles. The third-order valence-corrected chi connectivity index (χ3v) is 7.46. The Morgan fingerprint density at radius 3 is 2.00 bits per heavy atom. The minimum atomic E-state index is -5.13. The van der Waals surface area contributed by atoms with Crippen LogP contribution >= 0.6 is 0 Å². The standard InChI is InChI=1S/C32H30F9N5O3/c1-5-49-28(47)10-18(2)20-6-9-27(48-4)26(14-20)25-8-7-22(30(33,34)35)13-21(25)17-46(29-42-44-45(3)43-29)16-19-11-23(31(36,37)38)15-24(12-19)32(39,40)41/h6-9,11-15,18H,5,10,16-17H2,1-4H3. The minimum Gasteiger partial charge on any atom is -0.496 e. The number of benzene rings is 3. The first-order valence-corrected chi connectivity index (χ1v) is 14.6. The number of methoxy groups -OCH3 is 1. The van der Waals surface area contributed by atoms with E-state index in [1.54, 1.807) is 32.0 Å². The van der Waals surface area contributed by atoms with E-state index in [0.29, 0.717) is 23.3 Å². The van der Waals surface area contributed by atoms with Crippen LogP contribution in [0.3, 0.4) is 0 Å². The summed E-state index contributed by atoms with van der Waals surface area (Å²) < 4.78 is 134. The number of anilines is 1. The van der Waals surface area contributed by atoms with E-state index in [0.717, 1.165) is 21.8 Å². The number of aromatic nitrogens is 4. The summed E-state index contributed by atoms with van der Waals surface area (Å²) in [5.41, 5.74) is -3.58. The van der Waals surface area contributed by atoms with Crippen LogP contribution in [0.4, 0.5) is 45.5 Å². The molecule has 8 nitrogen and oxygen atoms in total. The molecule has 1 unspecified atom stereocenters. The highest BCUT2D eigenvalue weighted by Gasteiger charge is 2.37. The largest absolute Gasteiger partial charge is 0.496 e. The highest BCUT2D eigenvalue weighted by atomic mass is 19.4. The molecule has 0 aliphatic rings. The molecule has 0 spiro atoms. The molecule has 0 saturated heterocycles. The predicted molar refractivity (Wildman–Crippen MR) is 158 cm³/mol. The number of esters is 1. The van der Waals surface area contributed by atoms with E-state index in [9.17, 15) is 44.3 Å². The van der Waals surface area contributed by atoms with Gasteiger partial charge >= 0.3 is 24.5 Å². The van der Waals surface area contributed by atoms with Crippen LogP contribution in [0.25, 0.3) is 11.1 Å². The molecule has 49 heavy (non-hydrogen) atoms. The van der Waals surface area contributed by atoms with E-state index < -0.39 is 59.8 Å². The van der Waals surface area contributed by atoms with Crippen molar-refractivity contribution < 1.29 is 53.8 Å². The fraction of sp³-hybridized carbons (Fsp3) is 0.375. The molecule has 1 atom stereocenters. The lowest BCUT2D eigenvalue weighted by molar-refractivity contribution is -0.144. The molecule has 4 aromatic rings. The van der Waals surface area contributed by atoms with Gasteiger partial charge in [-0.15, -0.1) is 5.10 Å². The number of hydrogen-bond donors (Lipinski definition) is 0. The number of carbonyl (C=O) groups excluding carboxylic acids is 1. The normalized spacial score (nSPS) is 12.9. The van der Waals surface area contributed by atoms with Gasteiger partial charge in [0, 0.05) is 18.7 Å². The first kappa shape index (κ1) is 37.0. The van der Waals surface area contributed by atoms with E-state index in [2.05, 4.69) is 15.4 Å². The van der Waals surface area contributed by atoms with E-state index in [-0.39, 0.29) is 47.8 Å². The fourth-order valence-corrected chi connectivity index (χ4v) is 5.13. The molecule has 0 bridgehead atoms. The van der Waals surface area contributed by atoms with Gasteiger partial charge in [-0.1, -0.05) is 24.2 Å². The lowest BCUT2D eigenvalue weighted by Gasteiger charge is -2.25. The number of hydrogen-bond acceptors (Lipinski definition) is 7. The van der Waals surface area contributed by atoms with Gasteiger partial charge in [-0.05, 0) is 82.8 Å². The van der Waals surface area contributed by atoms with Crippen LogP contribution in [0.15, 0.2) is 54.6 Å². The first-order chi connectivity index (χ1) is 22.8. The smallest absolute Gasteiger partial charge is 0.416 e. The molecule has 0 fully saturated rings. The van der Waals surface area contributed by atoms with Crippen molar-refractivity contribution >= 4 is 11.9 Å². The van der Waals surface area contributed by atoms with E-state index >= 15 is 0 Å². The predicted octanol–water partition coefficient (Wildman–Crippen LogP) is 8.21. The van der Waals surface area contributed by atoms with Gasteiger partial charge in [-0.3, -0.25) is 4.79 Å². The third kappa shape index (κ3) is 9.20. The molecule has 3 aromatic carbocycles. The van der Waals surface area contributed by atoms with Gasteiger partial charge in [0.05, 0.1) is 43.9 Å². The molecule has 0 aliphatic heterocycles. The summed E-state index contributed by atoms with van der Waals surface area (Å²) in [6, 6.07) is 8.72. The molecule has 0 saturated carbocycles. The molecule has 0 aliphatic carbocycles. The number of halogens is 9. The Hall–Kier alpha value is -4.83. The maximum Gasteiger partial charge on any atom is 0.416 e. The Morgan fingerprint density at radius 2 is 1.47 bits per heavy atom. The molecule has 0 radical (unpaired) electrons. The zero-order valence-electron chi connectivity index (χ0n) is 26.5. The maximum absolute atomic E-state index is 14.0. The van der Waals surface area contributed by atoms with Crippen molar-refractivity contribution in [3.63, 3.8) is 0 Å².